The summed E-state index contributed by atoms with van der Waals surface area (Å²) in [5.74, 6) is -0.654. The molecule has 5 N–H and O–H groups in total. The highest BCUT2D eigenvalue weighted by Gasteiger charge is 2.52. The Labute approximate surface area is 245 Å². The van der Waals surface area contributed by atoms with Crippen LogP contribution in [0.5, 0.6) is 0 Å². The Hall–Kier alpha value is -0.470. The summed E-state index contributed by atoms with van der Waals surface area (Å²) in [7, 11) is -8.79. The molecule has 4 aliphatic rings. The third-order valence-corrected chi connectivity index (χ3v) is 12.8. The molecule has 0 aromatic rings. The van der Waals surface area contributed by atoms with Crippen LogP contribution < -0.4 is 5.32 Å². The van der Waals surface area contributed by atoms with Gasteiger partial charge in [0.25, 0.3) is 20.2 Å². The molecule has 4 saturated carbocycles. The molecule has 238 valence electrons. The van der Waals surface area contributed by atoms with E-state index in [2.05, 4.69) is 24.9 Å². The Balaban J connectivity index is 1.50. The van der Waals surface area contributed by atoms with Crippen LogP contribution in [0.3, 0.4) is 0 Å². The van der Waals surface area contributed by atoms with E-state index >= 15 is 0 Å². The summed E-state index contributed by atoms with van der Waals surface area (Å²) in [6, 6.07) is -2.35. The van der Waals surface area contributed by atoms with E-state index in [0.29, 0.717) is 31.3 Å². The lowest BCUT2D eigenvalue weighted by atomic mass is 9.66. The second-order valence-electron chi connectivity index (χ2n) is 12.1. The average Bonchev–Trinajstić information content (AvgIpc) is 2.91. The van der Waals surface area contributed by atoms with Gasteiger partial charge in [0.2, 0.25) is 0 Å². The van der Waals surface area contributed by atoms with Crippen LogP contribution >= 0.6 is 12.0 Å². The van der Waals surface area contributed by atoms with E-state index in [1.165, 1.54) is 6.42 Å². The maximum absolute atomic E-state index is 12.4. The molecule has 14 nitrogen and oxygen atoms in total. The van der Waals surface area contributed by atoms with Crippen LogP contribution in [0, 0.1) is 17.8 Å². The summed E-state index contributed by atoms with van der Waals surface area (Å²) in [4.78, 5) is 0. The average molecular weight is 646 g/mol. The Morgan fingerprint density at radius 3 is 2.27 bits per heavy atom. The highest BCUT2D eigenvalue weighted by Crippen LogP contribution is 2.47. The summed E-state index contributed by atoms with van der Waals surface area (Å²) in [6.45, 7) is 2.03. The van der Waals surface area contributed by atoms with E-state index in [1.54, 1.807) is 0 Å². The molecule has 0 spiro atoms. The van der Waals surface area contributed by atoms with Crippen molar-refractivity contribution in [3.05, 3.63) is 0 Å². The van der Waals surface area contributed by atoms with Crippen molar-refractivity contribution in [1.82, 2.24) is 5.32 Å². The molecule has 0 saturated heterocycles. The van der Waals surface area contributed by atoms with Crippen LogP contribution in [0.25, 0.3) is 0 Å². The molecule has 0 radical (unpaired) electrons. The van der Waals surface area contributed by atoms with E-state index in [1.807, 2.05) is 6.92 Å². The lowest BCUT2D eigenvalue weighted by molar-refractivity contribution is -0.432. The molecule has 0 aliphatic heterocycles. The summed E-state index contributed by atoms with van der Waals surface area (Å²) >= 11 is 0.696. The van der Waals surface area contributed by atoms with E-state index in [4.69, 9.17) is 9.99 Å². The predicted octanol–water partition coefficient (Wildman–Crippen LogP) is 3.00. The predicted molar refractivity (Wildman–Crippen MR) is 149 cm³/mol. The van der Waals surface area contributed by atoms with Gasteiger partial charge < -0.3 is 9.84 Å². The highest BCUT2D eigenvalue weighted by molar-refractivity contribution is 7.95. The van der Waals surface area contributed by atoms with Gasteiger partial charge in [-0.2, -0.15) is 27.1 Å². The van der Waals surface area contributed by atoms with Crippen molar-refractivity contribution in [2.75, 3.05) is 6.73 Å². The standard InChI is InChI=1S/C24H43N3O11S3/c1-14-7-8-18(21(9-14)40(30,31)32)26-27-23-20(39-38-37-29)10-15-11-22(41(33,34)35)19(12-17(15)24(23)28)25-13-36-16-5-3-2-4-6-16/h14-25,28-29H,2-13H2,1H3,(H,30,31,32)(H,33,34,35). The van der Waals surface area contributed by atoms with Crippen molar-refractivity contribution in [3.63, 3.8) is 0 Å². The fourth-order valence-electron chi connectivity index (χ4n) is 7.16. The first-order valence-corrected chi connectivity index (χ1v) is 18.2. The van der Waals surface area contributed by atoms with E-state index < -0.39 is 66.1 Å². The smallest absolute Gasteiger partial charge is 0.269 e. The number of ether oxygens (including phenoxy) is 1. The molecule has 4 aliphatic carbocycles. The molecule has 41 heavy (non-hydrogen) atoms. The van der Waals surface area contributed by atoms with Crippen molar-refractivity contribution in [2.24, 2.45) is 28.0 Å². The van der Waals surface area contributed by atoms with Gasteiger partial charge in [-0.3, -0.25) is 14.4 Å². The molecule has 0 bridgehead atoms. The van der Waals surface area contributed by atoms with Crippen molar-refractivity contribution in [3.8, 4) is 0 Å². The Kier molecular flexibility index (Phi) is 11.9. The van der Waals surface area contributed by atoms with E-state index in [9.17, 15) is 31.0 Å². The summed E-state index contributed by atoms with van der Waals surface area (Å²) < 4.78 is 79.3. The van der Waals surface area contributed by atoms with Gasteiger partial charge in [-0.1, -0.05) is 31.2 Å². The zero-order chi connectivity index (χ0) is 29.8. The number of rotatable bonds is 11. The Morgan fingerprint density at radius 2 is 1.61 bits per heavy atom. The normalized spacial score (nSPS) is 39.5. The van der Waals surface area contributed by atoms with Gasteiger partial charge in [0, 0.05) is 18.1 Å². The van der Waals surface area contributed by atoms with Crippen LogP contribution in [-0.2, 0) is 34.3 Å². The van der Waals surface area contributed by atoms with Crippen LogP contribution in [0.2, 0.25) is 0 Å². The molecular formula is C24H43N3O11S3. The van der Waals surface area contributed by atoms with Crippen molar-refractivity contribution < 1.29 is 50.4 Å². The first kappa shape index (κ1) is 33.4. The molecule has 0 heterocycles. The Bertz CT molecular complexity index is 1090. The Morgan fingerprint density at radius 1 is 0.902 bits per heavy atom. The number of aliphatic hydroxyl groups is 1. The molecular weight excluding hydrogens is 602 g/mol. The zero-order valence-electron chi connectivity index (χ0n) is 23.1. The molecule has 10 unspecified atom stereocenters. The van der Waals surface area contributed by atoms with Gasteiger partial charge in [0.05, 0.1) is 30.2 Å². The van der Waals surface area contributed by atoms with Crippen molar-refractivity contribution >= 4 is 32.3 Å². The maximum atomic E-state index is 12.4. The number of nitrogens with one attached hydrogen (secondary N) is 1. The quantitative estimate of drug-likeness (QED) is 0.0546. The number of azo groups is 1. The first-order valence-electron chi connectivity index (χ1n) is 14.4. The lowest BCUT2D eigenvalue weighted by Crippen LogP contribution is -2.58. The zero-order valence-corrected chi connectivity index (χ0v) is 25.6. The fraction of sp³-hybridized carbons (Fsp3) is 1.00. The highest BCUT2D eigenvalue weighted by atomic mass is 32.2. The number of nitrogens with zero attached hydrogens (tertiary/aromatic N) is 2. The molecule has 0 amide bonds. The van der Waals surface area contributed by atoms with Crippen molar-refractivity contribution in [2.45, 2.75) is 124 Å². The first-order chi connectivity index (χ1) is 19.4. The largest absolute Gasteiger partial charge is 0.390 e. The topological polar surface area (TPSA) is 214 Å². The van der Waals surface area contributed by atoms with Gasteiger partial charge in [-0.25, -0.2) is 5.26 Å². The van der Waals surface area contributed by atoms with E-state index in [0.717, 1.165) is 25.7 Å². The third-order valence-electron chi connectivity index (χ3n) is 9.36. The number of aliphatic hydroxyl groups excluding tert-OH is 1. The third kappa shape index (κ3) is 8.80. The summed E-state index contributed by atoms with van der Waals surface area (Å²) in [5, 5.41) is 33.0. The number of fused-ring (bicyclic) bond motifs is 1. The molecule has 0 aromatic heterocycles. The van der Waals surface area contributed by atoms with Crippen LogP contribution in [0.1, 0.15) is 77.6 Å². The minimum absolute atomic E-state index is 0.0773. The lowest BCUT2D eigenvalue weighted by Gasteiger charge is -2.48. The SMILES string of the molecule is CC1CCC(N=NC2C(SOOO)CC3CC(S(=O)(=O)O)C(NCOC4CCCCC4)CC3C2O)C(S(=O)(=O)O)C1. The minimum atomic E-state index is -4.42. The molecule has 17 heteroatoms. The second-order valence-corrected chi connectivity index (χ2v) is 16.3. The summed E-state index contributed by atoms with van der Waals surface area (Å²) in [6.07, 6.45) is 6.18. The van der Waals surface area contributed by atoms with Gasteiger partial charge in [0.1, 0.15) is 16.5 Å². The van der Waals surface area contributed by atoms with E-state index in [-0.39, 0.29) is 43.9 Å². The molecule has 10 atom stereocenters. The second kappa shape index (κ2) is 14.5. The fourth-order valence-corrected chi connectivity index (χ4v) is 10.2. The van der Waals surface area contributed by atoms with Gasteiger partial charge in [-0.05, 0) is 69.1 Å². The van der Waals surface area contributed by atoms with Crippen LogP contribution in [-0.4, -0.2) is 89.1 Å². The minimum Gasteiger partial charge on any atom is -0.390 e. The number of hydrogen-bond donors (Lipinski definition) is 5. The van der Waals surface area contributed by atoms with Gasteiger partial charge >= 0.3 is 0 Å². The summed E-state index contributed by atoms with van der Waals surface area (Å²) in [5.41, 5.74) is 0. The van der Waals surface area contributed by atoms with Gasteiger partial charge in [0.15, 0.2) is 0 Å². The molecule has 0 aromatic carbocycles. The van der Waals surface area contributed by atoms with Crippen LogP contribution in [0.4, 0.5) is 0 Å². The molecule has 4 fully saturated rings. The number of hydrogen-bond acceptors (Lipinski definition) is 13. The van der Waals surface area contributed by atoms with Crippen LogP contribution in [0.15, 0.2) is 10.2 Å². The monoisotopic (exact) mass is 645 g/mol. The van der Waals surface area contributed by atoms with Gasteiger partial charge in [-0.15, -0.1) is 4.33 Å². The molecule has 4 rings (SSSR count). The maximum Gasteiger partial charge on any atom is 0.269 e. The van der Waals surface area contributed by atoms with Crippen molar-refractivity contribution in [1.29, 1.82) is 0 Å².